The quantitative estimate of drug-likeness (QED) is 0.486. The summed E-state index contributed by atoms with van der Waals surface area (Å²) in [6.45, 7) is 2.07. The molecule has 29 heavy (non-hydrogen) atoms. The van der Waals surface area contributed by atoms with Crippen LogP contribution in [0.4, 0.5) is 0 Å². The molecule has 2 aromatic heterocycles. The Hall–Kier alpha value is -2.24. The molecule has 0 N–H and O–H groups in total. The molecule has 0 spiro atoms. The molecule has 1 aliphatic rings. The van der Waals surface area contributed by atoms with Crippen molar-refractivity contribution in [3.05, 3.63) is 64.2 Å². The fourth-order valence-corrected chi connectivity index (χ4v) is 5.38. The molecule has 4 nitrogen and oxygen atoms in total. The van der Waals surface area contributed by atoms with Crippen molar-refractivity contribution >= 4 is 17.4 Å². The Morgan fingerprint density at radius 1 is 1.10 bits per heavy atom. The molecular weight excluding hydrogens is 378 g/mol. The summed E-state index contributed by atoms with van der Waals surface area (Å²) in [4.78, 5) is 8.40. The molecule has 0 radical (unpaired) electrons. The highest BCUT2D eigenvalue weighted by Crippen LogP contribution is 2.41. The topological polar surface area (TPSA) is 42.2 Å². The van der Waals surface area contributed by atoms with Crippen molar-refractivity contribution in [2.24, 2.45) is 11.8 Å². The zero-order valence-corrected chi connectivity index (χ0v) is 18.2. The van der Waals surface area contributed by atoms with Crippen LogP contribution < -0.4 is 0 Å². The molecule has 3 aromatic rings. The van der Waals surface area contributed by atoms with Gasteiger partial charge in [0.1, 0.15) is 0 Å². The monoisotopic (exact) mass is 407 g/mol. The van der Waals surface area contributed by atoms with Crippen LogP contribution in [0.15, 0.2) is 52.4 Å². The van der Waals surface area contributed by atoms with Gasteiger partial charge in [0.25, 0.3) is 5.89 Å². The average molecular weight is 408 g/mol. The highest BCUT2D eigenvalue weighted by atomic mass is 32.1. The van der Waals surface area contributed by atoms with Crippen LogP contribution >= 0.6 is 11.3 Å². The Kier molecular flexibility index (Phi) is 6.26. The van der Waals surface area contributed by atoms with Gasteiger partial charge in [-0.3, -0.25) is 0 Å². The number of rotatable bonds is 6. The summed E-state index contributed by atoms with van der Waals surface area (Å²) in [5, 5.41) is 6.31. The number of hydrogen-bond acceptors (Lipinski definition) is 5. The van der Waals surface area contributed by atoms with Crippen LogP contribution in [0.2, 0.25) is 0 Å². The molecular formula is C24H29N3OS. The minimum Gasteiger partial charge on any atom is -0.334 e. The zero-order valence-electron chi connectivity index (χ0n) is 17.4. The third-order valence-electron chi connectivity index (χ3n) is 5.92. The van der Waals surface area contributed by atoms with E-state index in [0.29, 0.717) is 23.7 Å². The van der Waals surface area contributed by atoms with E-state index in [2.05, 4.69) is 71.8 Å². The number of benzene rings is 1. The van der Waals surface area contributed by atoms with Gasteiger partial charge in [0.05, 0.1) is 0 Å². The summed E-state index contributed by atoms with van der Waals surface area (Å²) in [7, 11) is 4.41. The van der Waals surface area contributed by atoms with Crippen LogP contribution in [0, 0.1) is 18.8 Å². The van der Waals surface area contributed by atoms with Crippen LogP contribution in [0.25, 0.3) is 17.5 Å². The third kappa shape index (κ3) is 4.85. The molecule has 1 aliphatic carbocycles. The normalized spacial score (nSPS) is 21.1. The van der Waals surface area contributed by atoms with E-state index in [0.717, 1.165) is 11.5 Å². The first-order valence-electron chi connectivity index (χ1n) is 10.4. The summed E-state index contributed by atoms with van der Waals surface area (Å²) in [5.41, 5.74) is 2.21. The number of allylic oxidation sites excluding steroid dienone is 1. The fourth-order valence-electron chi connectivity index (χ4n) is 4.36. The standard InChI is InChI=1S/C24H29N3OS/c1-17-6-11-20(12-7-17)24-25-22(28-26-24)15-10-18-8-13-19(14-9-18)23(27(2)3)21-5-4-16-29-21/h4-7,10-12,15-16,18-19,23H,8-9,13-14H2,1-3H3. The molecule has 1 saturated carbocycles. The molecule has 0 saturated heterocycles. The van der Waals surface area contributed by atoms with Crippen molar-refractivity contribution in [1.29, 1.82) is 0 Å². The van der Waals surface area contributed by atoms with Gasteiger partial charge in [0.15, 0.2) is 0 Å². The first-order chi connectivity index (χ1) is 14.1. The molecule has 2 heterocycles. The maximum Gasteiger partial charge on any atom is 0.250 e. The van der Waals surface area contributed by atoms with E-state index < -0.39 is 0 Å². The first-order valence-corrected chi connectivity index (χ1v) is 11.3. The van der Waals surface area contributed by atoms with E-state index in [4.69, 9.17) is 4.52 Å². The van der Waals surface area contributed by atoms with Gasteiger partial charge in [0.2, 0.25) is 5.82 Å². The minimum atomic E-state index is 0.535. The van der Waals surface area contributed by atoms with E-state index in [1.807, 2.05) is 29.5 Å². The summed E-state index contributed by atoms with van der Waals surface area (Å²) in [6.07, 6.45) is 9.21. The molecule has 0 amide bonds. The zero-order chi connectivity index (χ0) is 20.2. The number of aromatic nitrogens is 2. The molecule has 1 atom stereocenters. The van der Waals surface area contributed by atoms with Crippen LogP contribution in [0.3, 0.4) is 0 Å². The van der Waals surface area contributed by atoms with E-state index in [1.54, 1.807) is 0 Å². The minimum absolute atomic E-state index is 0.535. The second-order valence-electron chi connectivity index (χ2n) is 8.28. The number of thiophene rings is 1. The maximum absolute atomic E-state index is 5.43. The van der Waals surface area contributed by atoms with Crippen LogP contribution in [-0.2, 0) is 0 Å². The average Bonchev–Trinajstić information content (AvgIpc) is 3.40. The van der Waals surface area contributed by atoms with E-state index in [-0.39, 0.29) is 0 Å². The van der Waals surface area contributed by atoms with Crippen LogP contribution in [-0.4, -0.2) is 29.1 Å². The first kappa shape index (κ1) is 20.0. The largest absolute Gasteiger partial charge is 0.334 e. The summed E-state index contributed by atoms with van der Waals surface area (Å²) in [6, 6.07) is 13.2. The maximum atomic E-state index is 5.43. The van der Waals surface area contributed by atoms with Crippen molar-refractivity contribution in [2.45, 2.75) is 38.6 Å². The van der Waals surface area contributed by atoms with Gasteiger partial charge < -0.3 is 9.42 Å². The fraction of sp³-hybridized carbons (Fsp3) is 0.417. The molecule has 0 aliphatic heterocycles. The number of nitrogens with zero attached hydrogens (tertiary/aromatic N) is 3. The van der Waals surface area contributed by atoms with Crippen molar-refractivity contribution in [3.8, 4) is 11.4 Å². The predicted molar refractivity (Wildman–Crippen MR) is 120 cm³/mol. The van der Waals surface area contributed by atoms with Crippen LogP contribution in [0.1, 0.15) is 48.1 Å². The molecule has 1 fully saturated rings. The van der Waals surface area contributed by atoms with Gasteiger partial charge in [-0.05, 0) is 76.1 Å². The molecule has 4 rings (SSSR count). The Labute approximate surface area is 177 Å². The summed E-state index contributed by atoms with van der Waals surface area (Å²) in [5.74, 6) is 2.56. The van der Waals surface area contributed by atoms with Gasteiger partial charge in [0, 0.05) is 16.5 Å². The summed E-state index contributed by atoms with van der Waals surface area (Å²) >= 11 is 1.88. The SMILES string of the molecule is Cc1ccc(-c2noc(C=CC3CCC(C(c4cccs4)N(C)C)CC3)n2)cc1. The second kappa shape index (κ2) is 9.06. The van der Waals surface area contributed by atoms with E-state index >= 15 is 0 Å². The molecule has 1 aromatic carbocycles. The van der Waals surface area contributed by atoms with E-state index in [9.17, 15) is 0 Å². The van der Waals surface area contributed by atoms with Crippen molar-refractivity contribution in [2.75, 3.05) is 14.1 Å². The molecule has 152 valence electrons. The van der Waals surface area contributed by atoms with Crippen molar-refractivity contribution in [3.63, 3.8) is 0 Å². The Morgan fingerprint density at radius 3 is 2.52 bits per heavy atom. The smallest absolute Gasteiger partial charge is 0.250 e. The lowest BCUT2D eigenvalue weighted by Crippen LogP contribution is -2.29. The Balaban J connectivity index is 1.35. The number of aryl methyl sites for hydroxylation is 1. The van der Waals surface area contributed by atoms with Gasteiger partial charge in [-0.25, -0.2) is 0 Å². The van der Waals surface area contributed by atoms with Crippen molar-refractivity contribution in [1.82, 2.24) is 15.0 Å². The highest BCUT2D eigenvalue weighted by molar-refractivity contribution is 7.10. The van der Waals surface area contributed by atoms with Crippen molar-refractivity contribution < 1.29 is 4.52 Å². The third-order valence-corrected chi connectivity index (χ3v) is 6.86. The highest BCUT2D eigenvalue weighted by Gasteiger charge is 2.29. The molecule has 0 bridgehead atoms. The van der Waals surface area contributed by atoms with E-state index in [1.165, 1.54) is 36.1 Å². The second-order valence-corrected chi connectivity index (χ2v) is 9.26. The number of hydrogen-bond donors (Lipinski definition) is 0. The lowest BCUT2D eigenvalue weighted by molar-refractivity contribution is 0.162. The molecule has 1 unspecified atom stereocenters. The Morgan fingerprint density at radius 2 is 1.86 bits per heavy atom. The van der Waals surface area contributed by atoms with Gasteiger partial charge >= 0.3 is 0 Å². The lowest BCUT2D eigenvalue weighted by Gasteiger charge is -2.36. The summed E-state index contributed by atoms with van der Waals surface area (Å²) < 4.78 is 5.43. The Bertz CT molecular complexity index is 919. The molecule has 5 heteroatoms. The van der Waals surface area contributed by atoms with Crippen LogP contribution in [0.5, 0.6) is 0 Å². The predicted octanol–water partition coefficient (Wildman–Crippen LogP) is 6.23. The van der Waals surface area contributed by atoms with Gasteiger partial charge in [-0.15, -0.1) is 11.3 Å². The van der Waals surface area contributed by atoms with Gasteiger partial charge in [-0.1, -0.05) is 47.1 Å². The lowest BCUT2D eigenvalue weighted by atomic mass is 9.77. The van der Waals surface area contributed by atoms with Gasteiger partial charge in [-0.2, -0.15) is 4.98 Å².